The van der Waals surface area contributed by atoms with Crippen LogP contribution in [0.25, 0.3) is 0 Å². The van der Waals surface area contributed by atoms with Crippen LogP contribution in [0.1, 0.15) is 19.4 Å². The third-order valence-electron chi connectivity index (χ3n) is 2.14. The van der Waals surface area contributed by atoms with Crippen LogP contribution in [0, 0.1) is 6.92 Å². The lowest BCUT2D eigenvalue weighted by Gasteiger charge is -2.27. The van der Waals surface area contributed by atoms with Gasteiger partial charge in [0.1, 0.15) is 0 Å². The topological polar surface area (TPSA) is 24.4 Å². The van der Waals surface area contributed by atoms with Crippen LogP contribution in [0.3, 0.4) is 0 Å². The average molecular weight is 174 g/mol. The highest BCUT2D eigenvalue weighted by Gasteiger charge is 2.19. The Kier molecular flexibility index (Phi) is 1.65. The van der Waals surface area contributed by atoms with E-state index in [1.54, 1.807) is 0 Å². The van der Waals surface area contributed by atoms with Gasteiger partial charge in [-0.25, -0.2) is 0 Å². The predicted octanol–water partition coefficient (Wildman–Crippen LogP) is 2.90. The first-order valence-corrected chi connectivity index (χ1v) is 4.51. The Labute approximate surface area is 78.7 Å². The zero-order valence-electron chi connectivity index (χ0n) is 8.26. The van der Waals surface area contributed by atoms with E-state index < -0.39 is 0 Å². The standard InChI is InChI=1S/C11H14N2/c1-8-4-5-9-10(6-8)13-11(2,3)7-12-9/h4-7,13H,1-3H3. The number of aryl methyl sites for hydroxylation is 1. The second kappa shape index (κ2) is 2.59. The molecule has 0 aliphatic carbocycles. The van der Waals surface area contributed by atoms with Crippen molar-refractivity contribution in [2.45, 2.75) is 26.3 Å². The highest BCUT2D eigenvalue weighted by atomic mass is 15.0. The van der Waals surface area contributed by atoms with Gasteiger partial charge in [0, 0.05) is 6.21 Å². The fourth-order valence-corrected chi connectivity index (χ4v) is 1.47. The van der Waals surface area contributed by atoms with Crippen LogP contribution in [0.5, 0.6) is 0 Å². The van der Waals surface area contributed by atoms with Crippen molar-refractivity contribution in [2.75, 3.05) is 5.32 Å². The van der Waals surface area contributed by atoms with Gasteiger partial charge in [0.2, 0.25) is 0 Å². The van der Waals surface area contributed by atoms with Crippen molar-refractivity contribution >= 4 is 17.6 Å². The van der Waals surface area contributed by atoms with E-state index in [-0.39, 0.29) is 5.54 Å². The summed E-state index contributed by atoms with van der Waals surface area (Å²) < 4.78 is 0. The molecule has 0 atom stereocenters. The summed E-state index contributed by atoms with van der Waals surface area (Å²) in [4.78, 5) is 4.40. The number of nitrogens with zero attached hydrogens (tertiary/aromatic N) is 1. The van der Waals surface area contributed by atoms with Gasteiger partial charge in [-0.3, -0.25) is 4.99 Å². The van der Waals surface area contributed by atoms with E-state index in [9.17, 15) is 0 Å². The maximum atomic E-state index is 4.40. The van der Waals surface area contributed by atoms with Crippen LogP contribution in [-0.2, 0) is 0 Å². The molecular formula is C11H14N2. The zero-order valence-corrected chi connectivity index (χ0v) is 8.26. The zero-order chi connectivity index (χ0) is 9.47. The van der Waals surface area contributed by atoms with Crippen molar-refractivity contribution < 1.29 is 0 Å². The number of nitrogens with one attached hydrogen (secondary N) is 1. The molecule has 1 aromatic carbocycles. The van der Waals surface area contributed by atoms with Gasteiger partial charge < -0.3 is 5.32 Å². The van der Waals surface area contributed by atoms with Crippen molar-refractivity contribution in [1.29, 1.82) is 0 Å². The average Bonchev–Trinajstić information content (AvgIpc) is 2.01. The first-order valence-electron chi connectivity index (χ1n) is 4.51. The maximum absolute atomic E-state index is 4.40. The van der Waals surface area contributed by atoms with E-state index in [1.807, 2.05) is 12.3 Å². The van der Waals surface area contributed by atoms with Gasteiger partial charge >= 0.3 is 0 Å². The van der Waals surface area contributed by atoms with Crippen molar-refractivity contribution in [1.82, 2.24) is 0 Å². The number of hydrogen-bond acceptors (Lipinski definition) is 2. The first kappa shape index (κ1) is 8.30. The smallest absolute Gasteiger partial charge is 0.0858 e. The number of anilines is 1. The summed E-state index contributed by atoms with van der Waals surface area (Å²) in [7, 11) is 0. The van der Waals surface area contributed by atoms with E-state index in [0.29, 0.717) is 0 Å². The molecule has 1 aromatic rings. The molecule has 1 heterocycles. The number of fused-ring (bicyclic) bond motifs is 1. The van der Waals surface area contributed by atoms with Gasteiger partial charge in [-0.15, -0.1) is 0 Å². The summed E-state index contributed by atoms with van der Waals surface area (Å²) >= 11 is 0. The molecule has 0 bridgehead atoms. The molecule has 0 unspecified atom stereocenters. The monoisotopic (exact) mass is 174 g/mol. The van der Waals surface area contributed by atoms with E-state index in [2.05, 4.69) is 43.2 Å². The fourth-order valence-electron chi connectivity index (χ4n) is 1.47. The fraction of sp³-hybridized carbons (Fsp3) is 0.364. The summed E-state index contributed by atoms with van der Waals surface area (Å²) in [6.45, 7) is 6.32. The minimum Gasteiger partial charge on any atom is -0.373 e. The van der Waals surface area contributed by atoms with Crippen molar-refractivity contribution in [3.05, 3.63) is 23.8 Å². The molecule has 0 aromatic heterocycles. The molecule has 2 heteroatoms. The molecular weight excluding hydrogens is 160 g/mol. The van der Waals surface area contributed by atoms with Gasteiger partial charge in [-0.05, 0) is 38.5 Å². The largest absolute Gasteiger partial charge is 0.373 e. The van der Waals surface area contributed by atoms with E-state index in [0.717, 1.165) is 11.4 Å². The molecule has 0 radical (unpaired) electrons. The van der Waals surface area contributed by atoms with Crippen LogP contribution in [0.2, 0.25) is 0 Å². The summed E-state index contributed by atoms with van der Waals surface area (Å²) in [6, 6.07) is 6.26. The van der Waals surface area contributed by atoms with E-state index in [1.165, 1.54) is 5.56 Å². The summed E-state index contributed by atoms with van der Waals surface area (Å²) in [6.07, 6.45) is 1.95. The molecule has 2 rings (SSSR count). The normalized spacial score (nSPS) is 17.8. The van der Waals surface area contributed by atoms with E-state index in [4.69, 9.17) is 0 Å². The molecule has 13 heavy (non-hydrogen) atoms. The Hall–Kier alpha value is -1.31. The molecule has 0 amide bonds. The van der Waals surface area contributed by atoms with Gasteiger partial charge in [0.05, 0.1) is 16.9 Å². The van der Waals surface area contributed by atoms with Crippen LogP contribution in [-0.4, -0.2) is 11.8 Å². The Morgan fingerprint density at radius 1 is 1.31 bits per heavy atom. The SMILES string of the molecule is Cc1ccc2c(c1)NC(C)(C)C=N2. The van der Waals surface area contributed by atoms with Crippen LogP contribution in [0.4, 0.5) is 11.4 Å². The van der Waals surface area contributed by atoms with Crippen molar-refractivity contribution in [2.24, 2.45) is 4.99 Å². The van der Waals surface area contributed by atoms with Gasteiger partial charge in [0.15, 0.2) is 0 Å². The second-order valence-corrected chi connectivity index (χ2v) is 4.13. The number of benzene rings is 1. The summed E-state index contributed by atoms with van der Waals surface area (Å²) in [5.41, 5.74) is 3.40. The Morgan fingerprint density at radius 3 is 2.85 bits per heavy atom. The molecule has 1 aliphatic heterocycles. The number of hydrogen-bond donors (Lipinski definition) is 1. The van der Waals surface area contributed by atoms with Gasteiger partial charge in [-0.2, -0.15) is 0 Å². The summed E-state index contributed by atoms with van der Waals surface area (Å²) in [5, 5.41) is 3.43. The molecule has 0 fully saturated rings. The number of rotatable bonds is 0. The van der Waals surface area contributed by atoms with Crippen LogP contribution >= 0.6 is 0 Å². The minimum atomic E-state index is -0.0270. The third kappa shape index (κ3) is 1.57. The third-order valence-corrected chi connectivity index (χ3v) is 2.14. The first-order chi connectivity index (χ1) is 6.07. The van der Waals surface area contributed by atoms with E-state index >= 15 is 0 Å². The Balaban J connectivity index is 2.48. The lowest BCUT2D eigenvalue weighted by Crippen LogP contribution is -2.34. The van der Waals surface area contributed by atoms with Crippen molar-refractivity contribution in [3.63, 3.8) is 0 Å². The Bertz CT molecular complexity index is 364. The van der Waals surface area contributed by atoms with Gasteiger partial charge in [0.25, 0.3) is 0 Å². The molecule has 1 N–H and O–H groups in total. The molecule has 0 saturated carbocycles. The quantitative estimate of drug-likeness (QED) is 0.642. The summed E-state index contributed by atoms with van der Waals surface area (Å²) in [5.74, 6) is 0. The molecule has 1 aliphatic rings. The van der Waals surface area contributed by atoms with Crippen LogP contribution in [0.15, 0.2) is 23.2 Å². The molecule has 68 valence electrons. The number of aliphatic imine (C=N–C) groups is 1. The highest BCUT2D eigenvalue weighted by Crippen LogP contribution is 2.31. The lowest BCUT2D eigenvalue weighted by molar-refractivity contribution is 0.769. The minimum absolute atomic E-state index is 0.0270. The molecule has 2 nitrogen and oxygen atoms in total. The van der Waals surface area contributed by atoms with Crippen LogP contribution < -0.4 is 5.32 Å². The second-order valence-electron chi connectivity index (χ2n) is 4.13. The Morgan fingerprint density at radius 2 is 2.08 bits per heavy atom. The maximum Gasteiger partial charge on any atom is 0.0858 e. The molecule has 0 saturated heterocycles. The van der Waals surface area contributed by atoms with Gasteiger partial charge in [-0.1, -0.05) is 6.07 Å². The lowest BCUT2D eigenvalue weighted by atomic mass is 10.0. The van der Waals surface area contributed by atoms with Crippen molar-refractivity contribution in [3.8, 4) is 0 Å². The molecule has 0 spiro atoms. The predicted molar refractivity (Wildman–Crippen MR) is 57.0 cm³/mol. The highest BCUT2D eigenvalue weighted by molar-refractivity contribution is 5.86.